The van der Waals surface area contributed by atoms with Gasteiger partial charge in [0.25, 0.3) is 5.91 Å². The molecule has 0 aliphatic carbocycles. The molecule has 0 spiro atoms. The molecular weight excluding hydrogens is 320 g/mol. The maximum absolute atomic E-state index is 12.0. The quantitative estimate of drug-likeness (QED) is 0.343. The van der Waals surface area contributed by atoms with E-state index >= 15 is 0 Å². The van der Waals surface area contributed by atoms with Gasteiger partial charge in [0.15, 0.2) is 0 Å². The van der Waals surface area contributed by atoms with Crippen LogP contribution in [0.15, 0.2) is 77.2 Å². The van der Waals surface area contributed by atoms with Crippen molar-refractivity contribution in [1.29, 1.82) is 0 Å². The maximum atomic E-state index is 12.0. The highest BCUT2D eigenvalue weighted by Crippen LogP contribution is 2.22. The highest BCUT2D eigenvalue weighted by molar-refractivity contribution is 8.00. The number of carbonyl (C=O) groups is 1. The van der Waals surface area contributed by atoms with Crippen LogP contribution in [0.3, 0.4) is 0 Å². The molecule has 0 unspecified atom stereocenters. The highest BCUT2D eigenvalue weighted by atomic mass is 32.2. The third-order valence-electron chi connectivity index (χ3n) is 3.06. The number of carbonyl (C=O) groups excluding carboxylic acids is 1. The summed E-state index contributed by atoms with van der Waals surface area (Å²) >= 11 is 1.50. The molecule has 0 aromatic heterocycles. The van der Waals surface area contributed by atoms with Crippen LogP contribution in [0, 0.1) is 0 Å². The average molecular weight is 340 g/mol. The number of hydrazone groups is 1. The molecule has 1 atom stereocenters. The Labute approximate surface area is 146 Å². The average Bonchev–Trinajstić information content (AvgIpc) is 2.61. The van der Waals surface area contributed by atoms with Gasteiger partial charge in [-0.2, -0.15) is 5.10 Å². The van der Waals surface area contributed by atoms with E-state index in [0.717, 1.165) is 16.2 Å². The number of amides is 1. The molecule has 5 heteroatoms. The van der Waals surface area contributed by atoms with Crippen LogP contribution in [0.4, 0.5) is 0 Å². The van der Waals surface area contributed by atoms with Crippen LogP contribution < -0.4 is 10.2 Å². The van der Waals surface area contributed by atoms with Crippen LogP contribution in [0.1, 0.15) is 12.5 Å². The summed E-state index contributed by atoms with van der Waals surface area (Å²) in [5.74, 6) is 0.634. The van der Waals surface area contributed by atoms with Crippen molar-refractivity contribution in [3.05, 3.63) is 72.8 Å². The normalized spacial score (nSPS) is 11.9. The van der Waals surface area contributed by atoms with E-state index in [1.807, 2.05) is 61.5 Å². The number of nitrogens with zero attached hydrogens (tertiary/aromatic N) is 1. The van der Waals surface area contributed by atoms with Crippen molar-refractivity contribution < 1.29 is 9.53 Å². The van der Waals surface area contributed by atoms with E-state index in [1.165, 1.54) is 11.8 Å². The van der Waals surface area contributed by atoms with Crippen molar-refractivity contribution in [3.63, 3.8) is 0 Å². The minimum atomic E-state index is -0.223. The Hall–Kier alpha value is -2.53. The van der Waals surface area contributed by atoms with Crippen molar-refractivity contribution in [3.8, 4) is 5.75 Å². The van der Waals surface area contributed by atoms with Gasteiger partial charge in [-0.3, -0.25) is 4.79 Å². The molecule has 124 valence electrons. The van der Waals surface area contributed by atoms with Crippen molar-refractivity contribution in [2.45, 2.75) is 17.1 Å². The zero-order chi connectivity index (χ0) is 17.2. The van der Waals surface area contributed by atoms with Gasteiger partial charge >= 0.3 is 0 Å². The first-order chi connectivity index (χ1) is 11.7. The molecular formula is C19H20N2O2S. The summed E-state index contributed by atoms with van der Waals surface area (Å²) < 4.78 is 5.41. The third kappa shape index (κ3) is 5.93. The molecule has 0 radical (unpaired) electrons. The zero-order valence-electron chi connectivity index (χ0n) is 13.5. The lowest BCUT2D eigenvalue weighted by Gasteiger charge is -2.09. The summed E-state index contributed by atoms with van der Waals surface area (Å²) in [5, 5.41) is 3.78. The lowest BCUT2D eigenvalue weighted by Crippen LogP contribution is -2.26. The van der Waals surface area contributed by atoms with Gasteiger partial charge in [-0.05, 0) is 48.9 Å². The Morgan fingerprint density at radius 1 is 1.25 bits per heavy atom. The van der Waals surface area contributed by atoms with Crippen molar-refractivity contribution in [1.82, 2.24) is 5.43 Å². The Morgan fingerprint density at radius 2 is 1.96 bits per heavy atom. The van der Waals surface area contributed by atoms with E-state index in [4.69, 9.17) is 4.74 Å². The van der Waals surface area contributed by atoms with Crippen molar-refractivity contribution in [2.24, 2.45) is 5.10 Å². The Balaban J connectivity index is 1.82. The summed E-state index contributed by atoms with van der Waals surface area (Å²) in [6, 6.07) is 17.3. The van der Waals surface area contributed by atoms with Crippen LogP contribution in [-0.4, -0.2) is 24.0 Å². The van der Waals surface area contributed by atoms with E-state index < -0.39 is 0 Å². The Kier molecular flexibility index (Phi) is 7.11. The fraction of sp³-hybridized carbons (Fsp3) is 0.158. The molecule has 1 N–H and O–H groups in total. The van der Waals surface area contributed by atoms with Gasteiger partial charge in [-0.1, -0.05) is 30.9 Å². The van der Waals surface area contributed by atoms with Crippen LogP contribution in [0.5, 0.6) is 5.75 Å². The second-order valence-corrected chi connectivity index (χ2v) is 6.39. The predicted molar refractivity (Wildman–Crippen MR) is 99.6 cm³/mol. The van der Waals surface area contributed by atoms with Crippen LogP contribution in [-0.2, 0) is 4.79 Å². The smallest absolute Gasteiger partial charge is 0.253 e. The van der Waals surface area contributed by atoms with E-state index in [0.29, 0.717) is 6.61 Å². The monoisotopic (exact) mass is 340 g/mol. The van der Waals surface area contributed by atoms with Crippen LogP contribution >= 0.6 is 11.8 Å². The Bertz CT molecular complexity index is 684. The van der Waals surface area contributed by atoms with E-state index in [-0.39, 0.29) is 11.2 Å². The predicted octanol–water partition coefficient (Wildman–Crippen LogP) is 3.88. The van der Waals surface area contributed by atoms with Gasteiger partial charge in [0, 0.05) is 4.90 Å². The minimum Gasteiger partial charge on any atom is -0.490 e. The summed E-state index contributed by atoms with van der Waals surface area (Å²) in [5.41, 5.74) is 3.44. The molecule has 0 fully saturated rings. The molecule has 0 saturated carbocycles. The van der Waals surface area contributed by atoms with Crippen molar-refractivity contribution in [2.75, 3.05) is 6.61 Å². The maximum Gasteiger partial charge on any atom is 0.253 e. The van der Waals surface area contributed by atoms with Crippen LogP contribution in [0.25, 0.3) is 0 Å². The van der Waals surface area contributed by atoms with Gasteiger partial charge in [-0.15, -0.1) is 11.8 Å². The Morgan fingerprint density at radius 3 is 2.62 bits per heavy atom. The molecule has 0 aliphatic rings. The number of rotatable bonds is 8. The zero-order valence-corrected chi connectivity index (χ0v) is 14.3. The molecule has 2 rings (SSSR count). The first-order valence-electron chi connectivity index (χ1n) is 7.57. The topological polar surface area (TPSA) is 50.7 Å². The summed E-state index contributed by atoms with van der Waals surface area (Å²) in [6.07, 6.45) is 3.30. The SMILES string of the molecule is C=CCOc1ccc(/C=N\NC(=O)[C@H](C)Sc2ccccc2)cc1. The van der Waals surface area contributed by atoms with E-state index in [2.05, 4.69) is 17.1 Å². The number of ether oxygens (including phenoxy) is 1. The van der Waals surface area contributed by atoms with Gasteiger partial charge in [-0.25, -0.2) is 5.43 Å². The van der Waals surface area contributed by atoms with Crippen molar-refractivity contribution >= 4 is 23.9 Å². The molecule has 24 heavy (non-hydrogen) atoms. The van der Waals surface area contributed by atoms with Gasteiger partial charge in [0.1, 0.15) is 12.4 Å². The first kappa shape index (κ1) is 17.8. The molecule has 0 heterocycles. The van der Waals surface area contributed by atoms with Gasteiger partial charge < -0.3 is 4.74 Å². The molecule has 0 bridgehead atoms. The van der Waals surface area contributed by atoms with Crippen LogP contribution in [0.2, 0.25) is 0 Å². The molecule has 0 aliphatic heterocycles. The largest absolute Gasteiger partial charge is 0.490 e. The molecule has 2 aromatic rings. The summed E-state index contributed by atoms with van der Waals surface area (Å²) in [6.45, 7) is 5.93. The fourth-order valence-electron chi connectivity index (χ4n) is 1.82. The van der Waals surface area contributed by atoms with Gasteiger partial charge in [0.2, 0.25) is 0 Å². The van der Waals surface area contributed by atoms with E-state index in [1.54, 1.807) is 12.3 Å². The minimum absolute atomic E-state index is 0.133. The number of thioether (sulfide) groups is 1. The molecule has 1 amide bonds. The second-order valence-electron chi connectivity index (χ2n) is 4.98. The summed E-state index contributed by atoms with van der Waals surface area (Å²) in [7, 11) is 0. The number of nitrogens with one attached hydrogen (secondary N) is 1. The fourth-order valence-corrected chi connectivity index (χ4v) is 2.71. The van der Waals surface area contributed by atoms with E-state index in [9.17, 15) is 4.79 Å². The van der Waals surface area contributed by atoms with Gasteiger partial charge in [0.05, 0.1) is 11.5 Å². The number of benzene rings is 2. The summed E-state index contributed by atoms with van der Waals surface area (Å²) in [4.78, 5) is 13.1. The number of hydrogen-bond acceptors (Lipinski definition) is 4. The lowest BCUT2D eigenvalue weighted by molar-refractivity contribution is -0.120. The number of hydrogen-bond donors (Lipinski definition) is 1. The molecule has 4 nitrogen and oxygen atoms in total. The molecule has 0 saturated heterocycles. The standard InChI is InChI=1S/C19H20N2O2S/c1-3-13-23-17-11-9-16(10-12-17)14-20-21-19(22)15(2)24-18-7-5-4-6-8-18/h3-12,14-15H,1,13H2,2H3,(H,21,22)/b20-14-/t15-/m0/s1. The first-order valence-corrected chi connectivity index (χ1v) is 8.45. The molecule has 2 aromatic carbocycles. The third-order valence-corrected chi connectivity index (χ3v) is 4.17. The second kappa shape index (κ2) is 9.57. The lowest BCUT2D eigenvalue weighted by atomic mass is 10.2. The highest BCUT2D eigenvalue weighted by Gasteiger charge is 2.13.